The molecule has 0 aromatic carbocycles. The van der Waals surface area contributed by atoms with Crippen LogP contribution in [0, 0.1) is 0 Å². The molecular weight excluding hydrogens is 222 g/mol. The number of hydrogen-bond acceptors (Lipinski definition) is 4. The first kappa shape index (κ1) is 11.1. The summed E-state index contributed by atoms with van der Waals surface area (Å²) in [6.45, 7) is 0.325. The molecule has 1 heterocycles. The monoisotopic (exact) mass is 233 g/mol. The average molecular weight is 233 g/mol. The zero-order chi connectivity index (χ0) is 10.8. The van der Waals surface area contributed by atoms with Gasteiger partial charge in [0.25, 0.3) is 0 Å². The molecule has 0 fully saturated rings. The van der Waals surface area contributed by atoms with E-state index in [0.29, 0.717) is 12.4 Å². The highest BCUT2D eigenvalue weighted by Gasteiger charge is 2.08. The van der Waals surface area contributed by atoms with Crippen LogP contribution in [-0.2, 0) is 16.4 Å². The van der Waals surface area contributed by atoms with Crippen molar-refractivity contribution in [2.24, 2.45) is 5.73 Å². The summed E-state index contributed by atoms with van der Waals surface area (Å²) in [5, 5.41) is 0. The predicted octanol–water partition coefficient (Wildman–Crippen LogP) is -0.438. The molecule has 5 nitrogen and oxygen atoms in total. The fourth-order valence-electron chi connectivity index (χ4n) is 0.979. The van der Waals surface area contributed by atoms with Crippen LogP contribution < -0.4 is 5.73 Å². The Hall–Kier alpha value is -0.950. The average Bonchev–Trinajstić information content (AvgIpc) is 2.46. The Labute approximate surface area is 87.9 Å². The summed E-state index contributed by atoms with van der Waals surface area (Å²) >= 11 is 4.76. The summed E-state index contributed by atoms with van der Waals surface area (Å²) in [4.78, 5) is 4.09. The lowest BCUT2D eigenvalue weighted by atomic mass is 10.6. The number of sulfone groups is 1. The number of imidazole rings is 1. The van der Waals surface area contributed by atoms with Crippen LogP contribution in [0.4, 0.5) is 0 Å². The maximum absolute atomic E-state index is 10.9. The molecule has 0 aliphatic heterocycles. The van der Waals surface area contributed by atoms with Crippen LogP contribution in [0.3, 0.4) is 0 Å². The van der Waals surface area contributed by atoms with Gasteiger partial charge in [0.2, 0.25) is 0 Å². The molecule has 0 atom stereocenters. The third-order valence-electron chi connectivity index (χ3n) is 1.64. The van der Waals surface area contributed by atoms with Gasteiger partial charge in [-0.3, -0.25) is 0 Å². The van der Waals surface area contributed by atoms with E-state index in [2.05, 4.69) is 4.98 Å². The fourth-order valence-corrected chi connectivity index (χ4v) is 1.68. The highest BCUT2D eigenvalue weighted by Crippen LogP contribution is 1.98. The second kappa shape index (κ2) is 4.05. The van der Waals surface area contributed by atoms with Gasteiger partial charge in [-0.2, -0.15) is 0 Å². The van der Waals surface area contributed by atoms with Crippen molar-refractivity contribution in [2.75, 3.05) is 12.0 Å². The van der Waals surface area contributed by atoms with Gasteiger partial charge < -0.3 is 10.3 Å². The van der Waals surface area contributed by atoms with Gasteiger partial charge >= 0.3 is 0 Å². The highest BCUT2D eigenvalue weighted by molar-refractivity contribution is 7.90. The van der Waals surface area contributed by atoms with Crippen molar-refractivity contribution in [3.05, 3.63) is 18.2 Å². The van der Waals surface area contributed by atoms with Gasteiger partial charge in [0.15, 0.2) is 5.82 Å². The number of nitrogens with two attached hydrogens (primary N) is 1. The lowest BCUT2D eigenvalue weighted by Gasteiger charge is -2.04. The van der Waals surface area contributed by atoms with Crippen molar-refractivity contribution in [3.8, 4) is 0 Å². The van der Waals surface area contributed by atoms with Crippen LogP contribution >= 0.6 is 12.2 Å². The van der Waals surface area contributed by atoms with Gasteiger partial charge in [-0.15, -0.1) is 0 Å². The standard InChI is InChI=1S/C7H11N3O2S2/c1-14(11,12)5-4-10-3-2-9-7(10)6(8)13/h2-3H,4-5H2,1H3,(H2,8,13). The number of hydrogen-bond donors (Lipinski definition) is 1. The lowest BCUT2D eigenvalue weighted by molar-refractivity contribution is 0.594. The Morgan fingerprint density at radius 1 is 1.71 bits per heavy atom. The molecule has 0 saturated carbocycles. The van der Waals surface area contributed by atoms with E-state index in [1.165, 1.54) is 12.5 Å². The SMILES string of the molecule is CS(=O)(=O)CCn1ccnc1C(N)=S. The Bertz CT molecular complexity index is 436. The second-order valence-electron chi connectivity index (χ2n) is 2.94. The van der Waals surface area contributed by atoms with E-state index in [9.17, 15) is 8.42 Å². The Balaban J connectivity index is 2.77. The van der Waals surface area contributed by atoms with Crippen LogP contribution in [0.5, 0.6) is 0 Å². The molecule has 14 heavy (non-hydrogen) atoms. The molecule has 0 saturated heterocycles. The van der Waals surface area contributed by atoms with E-state index in [0.717, 1.165) is 0 Å². The molecule has 78 valence electrons. The lowest BCUT2D eigenvalue weighted by Crippen LogP contribution is -2.19. The van der Waals surface area contributed by atoms with Crippen LogP contribution in [0.15, 0.2) is 12.4 Å². The molecule has 1 rings (SSSR count). The van der Waals surface area contributed by atoms with E-state index in [1.807, 2.05) is 0 Å². The van der Waals surface area contributed by atoms with Crippen LogP contribution in [0.25, 0.3) is 0 Å². The van der Waals surface area contributed by atoms with E-state index in [-0.39, 0.29) is 10.7 Å². The molecule has 0 spiro atoms. The molecule has 1 aromatic heterocycles. The fraction of sp³-hybridized carbons (Fsp3) is 0.429. The zero-order valence-corrected chi connectivity index (χ0v) is 9.31. The molecule has 0 aliphatic carbocycles. The third-order valence-corrected chi connectivity index (χ3v) is 2.75. The number of aryl methyl sites for hydroxylation is 1. The van der Waals surface area contributed by atoms with Crippen LogP contribution in [0.1, 0.15) is 5.82 Å². The van der Waals surface area contributed by atoms with Crippen molar-refractivity contribution >= 4 is 27.0 Å². The van der Waals surface area contributed by atoms with Crippen molar-refractivity contribution in [1.29, 1.82) is 0 Å². The number of nitrogens with zero attached hydrogens (tertiary/aromatic N) is 2. The first-order valence-corrected chi connectivity index (χ1v) is 6.35. The van der Waals surface area contributed by atoms with Gasteiger partial charge in [0, 0.05) is 25.2 Å². The summed E-state index contributed by atoms with van der Waals surface area (Å²) in [6.07, 6.45) is 4.38. The summed E-state index contributed by atoms with van der Waals surface area (Å²) in [6, 6.07) is 0. The van der Waals surface area contributed by atoms with E-state index in [4.69, 9.17) is 18.0 Å². The van der Waals surface area contributed by atoms with Crippen molar-refractivity contribution in [3.63, 3.8) is 0 Å². The summed E-state index contributed by atoms with van der Waals surface area (Å²) in [5.41, 5.74) is 5.40. The van der Waals surface area contributed by atoms with Gasteiger partial charge in [-0.25, -0.2) is 13.4 Å². The Morgan fingerprint density at radius 2 is 2.36 bits per heavy atom. The molecule has 1 aromatic rings. The quantitative estimate of drug-likeness (QED) is 0.713. The summed E-state index contributed by atoms with van der Waals surface area (Å²) < 4.78 is 23.4. The summed E-state index contributed by atoms with van der Waals surface area (Å²) in [5.74, 6) is 0.502. The normalized spacial score (nSPS) is 11.5. The molecule has 0 amide bonds. The number of thiocarbonyl (C=S) groups is 1. The Kier molecular flexibility index (Phi) is 3.22. The van der Waals surface area contributed by atoms with Crippen molar-refractivity contribution in [1.82, 2.24) is 9.55 Å². The van der Waals surface area contributed by atoms with Crippen LogP contribution in [0.2, 0.25) is 0 Å². The molecule has 0 radical (unpaired) electrons. The molecule has 0 bridgehead atoms. The van der Waals surface area contributed by atoms with E-state index in [1.54, 1.807) is 10.8 Å². The maximum Gasteiger partial charge on any atom is 0.167 e. The van der Waals surface area contributed by atoms with Crippen molar-refractivity contribution < 1.29 is 8.42 Å². The largest absolute Gasteiger partial charge is 0.387 e. The minimum absolute atomic E-state index is 0.0545. The highest BCUT2D eigenvalue weighted by atomic mass is 32.2. The minimum Gasteiger partial charge on any atom is -0.387 e. The third kappa shape index (κ3) is 3.08. The topological polar surface area (TPSA) is 78.0 Å². The smallest absolute Gasteiger partial charge is 0.167 e. The molecular formula is C7H11N3O2S2. The summed E-state index contributed by atoms with van der Waals surface area (Å²) in [7, 11) is -2.98. The van der Waals surface area contributed by atoms with Crippen LogP contribution in [-0.4, -0.2) is 35.0 Å². The second-order valence-corrected chi connectivity index (χ2v) is 5.64. The molecule has 7 heteroatoms. The maximum atomic E-state index is 10.9. The van der Waals surface area contributed by atoms with Gasteiger partial charge in [-0.05, 0) is 0 Å². The number of rotatable bonds is 4. The first-order valence-electron chi connectivity index (χ1n) is 3.89. The van der Waals surface area contributed by atoms with Gasteiger partial charge in [0.05, 0.1) is 5.75 Å². The van der Waals surface area contributed by atoms with E-state index < -0.39 is 9.84 Å². The van der Waals surface area contributed by atoms with Gasteiger partial charge in [-0.1, -0.05) is 12.2 Å². The number of aromatic nitrogens is 2. The zero-order valence-electron chi connectivity index (χ0n) is 7.67. The molecule has 2 N–H and O–H groups in total. The minimum atomic E-state index is -2.98. The molecule has 0 unspecified atom stereocenters. The molecule has 0 aliphatic rings. The van der Waals surface area contributed by atoms with Gasteiger partial charge in [0.1, 0.15) is 14.8 Å². The predicted molar refractivity (Wildman–Crippen MR) is 57.8 cm³/mol. The van der Waals surface area contributed by atoms with E-state index >= 15 is 0 Å². The first-order chi connectivity index (χ1) is 6.40. The Morgan fingerprint density at radius 3 is 2.86 bits per heavy atom. The van der Waals surface area contributed by atoms with Crippen molar-refractivity contribution in [2.45, 2.75) is 6.54 Å².